The second kappa shape index (κ2) is 12.1. The van der Waals surface area contributed by atoms with Crippen molar-refractivity contribution in [2.45, 2.75) is 33.4 Å². The second-order valence-corrected chi connectivity index (χ2v) is 8.14. The van der Waals surface area contributed by atoms with Gasteiger partial charge in [0.25, 0.3) is 11.5 Å². The normalized spacial score (nSPS) is 10.9. The summed E-state index contributed by atoms with van der Waals surface area (Å²) in [6.07, 6.45) is 0.717. The molecule has 9 nitrogen and oxygen atoms in total. The first kappa shape index (κ1) is 25.9. The smallest absolute Gasteiger partial charge is 0.332 e. The van der Waals surface area contributed by atoms with Crippen LogP contribution in [0.4, 0.5) is 0 Å². The third-order valence-electron chi connectivity index (χ3n) is 5.91. The topological polar surface area (TPSA) is 103 Å². The Morgan fingerprint density at radius 2 is 1.66 bits per heavy atom. The number of hydrogen-bond donors (Lipinski definition) is 1. The number of methoxy groups -OCH3 is 1. The van der Waals surface area contributed by atoms with Gasteiger partial charge in [0.05, 0.1) is 17.4 Å². The Hall–Kier alpha value is -3.72. The maximum atomic E-state index is 13.4. The molecule has 0 aliphatic heterocycles. The summed E-state index contributed by atoms with van der Waals surface area (Å²) in [4.78, 5) is 53.2. The number of para-hydroxylation sites is 1. The zero-order valence-electron chi connectivity index (χ0n) is 20.5. The van der Waals surface area contributed by atoms with Crippen molar-refractivity contribution in [3.8, 4) is 0 Å². The van der Waals surface area contributed by atoms with Crippen LogP contribution < -0.4 is 16.6 Å². The molecule has 1 aromatic heterocycles. The zero-order valence-corrected chi connectivity index (χ0v) is 20.5. The van der Waals surface area contributed by atoms with Gasteiger partial charge < -0.3 is 15.0 Å². The first-order valence-corrected chi connectivity index (χ1v) is 11.8. The number of amides is 2. The number of likely N-dealkylation sites (N-methyl/N-ethyl adjacent to an activating group) is 1. The minimum Gasteiger partial charge on any atom is -0.385 e. The van der Waals surface area contributed by atoms with Crippen LogP contribution in [-0.2, 0) is 22.6 Å². The number of benzene rings is 2. The lowest BCUT2D eigenvalue weighted by atomic mass is 10.1. The quantitative estimate of drug-likeness (QED) is 0.422. The van der Waals surface area contributed by atoms with Gasteiger partial charge in [0.15, 0.2) is 0 Å². The van der Waals surface area contributed by atoms with Gasteiger partial charge >= 0.3 is 5.69 Å². The van der Waals surface area contributed by atoms with Crippen molar-refractivity contribution in [3.63, 3.8) is 0 Å². The van der Waals surface area contributed by atoms with Gasteiger partial charge in [-0.25, -0.2) is 4.79 Å². The van der Waals surface area contributed by atoms with Gasteiger partial charge in [-0.3, -0.25) is 23.5 Å². The predicted molar refractivity (Wildman–Crippen MR) is 135 cm³/mol. The Morgan fingerprint density at radius 3 is 2.31 bits per heavy atom. The number of fused-ring (bicyclic) bond motifs is 1. The van der Waals surface area contributed by atoms with Gasteiger partial charge in [-0.1, -0.05) is 24.3 Å². The van der Waals surface area contributed by atoms with Crippen LogP contribution in [0.2, 0.25) is 0 Å². The molecule has 3 rings (SSSR count). The molecule has 0 saturated heterocycles. The summed E-state index contributed by atoms with van der Waals surface area (Å²) in [7, 11) is 1.61. The van der Waals surface area contributed by atoms with Crippen LogP contribution in [0.1, 0.15) is 36.2 Å². The molecule has 9 heteroatoms. The minimum atomic E-state index is -0.547. The summed E-state index contributed by atoms with van der Waals surface area (Å²) >= 11 is 0. The lowest BCUT2D eigenvalue weighted by Crippen LogP contribution is -2.43. The fraction of sp³-hybridized carbons (Fsp3) is 0.385. The van der Waals surface area contributed by atoms with Gasteiger partial charge in [-0.2, -0.15) is 0 Å². The van der Waals surface area contributed by atoms with Crippen molar-refractivity contribution in [3.05, 3.63) is 80.5 Å². The molecule has 3 aromatic rings. The van der Waals surface area contributed by atoms with Gasteiger partial charge in [-0.05, 0) is 50.1 Å². The molecule has 1 N–H and O–H groups in total. The molecule has 0 fully saturated rings. The maximum absolute atomic E-state index is 13.4. The molecule has 2 amide bonds. The molecule has 0 spiro atoms. The fourth-order valence-electron chi connectivity index (χ4n) is 3.94. The molecule has 1 heterocycles. The van der Waals surface area contributed by atoms with E-state index >= 15 is 0 Å². The highest BCUT2D eigenvalue weighted by atomic mass is 16.5. The van der Waals surface area contributed by atoms with E-state index in [4.69, 9.17) is 4.74 Å². The lowest BCUT2D eigenvalue weighted by molar-refractivity contribution is -0.131. The Balaban J connectivity index is 1.90. The Labute approximate surface area is 203 Å². The Kier molecular flexibility index (Phi) is 8.97. The van der Waals surface area contributed by atoms with E-state index in [0.717, 1.165) is 4.57 Å². The number of hydrogen-bond acceptors (Lipinski definition) is 5. The summed E-state index contributed by atoms with van der Waals surface area (Å²) in [5.41, 5.74) is 0.641. The molecule has 0 saturated carbocycles. The van der Waals surface area contributed by atoms with E-state index in [9.17, 15) is 19.2 Å². The summed E-state index contributed by atoms with van der Waals surface area (Å²) in [5, 5.41) is 3.19. The fourth-order valence-corrected chi connectivity index (χ4v) is 3.94. The number of rotatable bonds is 11. The van der Waals surface area contributed by atoms with Crippen molar-refractivity contribution in [2.24, 2.45) is 0 Å². The third kappa shape index (κ3) is 6.05. The summed E-state index contributed by atoms with van der Waals surface area (Å²) in [6.45, 7) is 5.78. The van der Waals surface area contributed by atoms with Crippen LogP contribution in [-0.4, -0.2) is 59.2 Å². The summed E-state index contributed by atoms with van der Waals surface area (Å²) in [6, 6.07) is 13.6. The van der Waals surface area contributed by atoms with Gasteiger partial charge in [0, 0.05) is 38.9 Å². The van der Waals surface area contributed by atoms with Crippen LogP contribution in [0.15, 0.2) is 58.1 Å². The molecule has 0 atom stereocenters. The van der Waals surface area contributed by atoms with Crippen molar-refractivity contribution in [1.82, 2.24) is 19.4 Å². The molecule has 186 valence electrons. The van der Waals surface area contributed by atoms with Crippen molar-refractivity contribution < 1.29 is 14.3 Å². The van der Waals surface area contributed by atoms with Gasteiger partial charge in [0.2, 0.25) is 5.91 Å². The first-order valence-electron chi connectivity index (χ1n) is 11.8. The van der Waals surface area contributed by atoms with E-state index in [2.05, 4.69) is 5.32 Å². The number of nitrogens with zero attached hydrogens (tertiary/aromatic N) is 3. The maximum Gasteiger partial charge on any atom is 0.332 e. The molecular weight excluding hydrogens is 448 g/mol. The number of nitrogens with one attached hydrogen (secondary N) is 1. The minimum absolute atomic E-state index is 0.0255. The summed E-state index contributed by atoms with van der Waals surface area (Å²) < 4.78 is 7.47. The molecule has 0 radical (unpaired) electrons. The molecule has 0 unspecified atom stereocenters. The molecule has 2 aromatic carbocycles. The van der Waals surface area contributed by atoms with Crippen LogP contribution in [0.5, 0.6) is 0 Å². The Bertz CT molecular complexity index is 1290. The molecular formula is C26H32N4O5. The number of ether oxygens (including phenoxy) is 1. The average Bonchev–Trinajstić information content (AvgIpc) is 2.88. The van der Waals surface area contributed by atoms with Crippen LogP contribution in [0, 0.1) is 0 Å². The second-order valence-electron chi connectivity index (χ2n) is 8.14. The standard InChI is InChI=1S/C26H32N4O5/c1-4-28(5-2)23(31)18-29-22-10-7-6-9-21(22)25(33)30(26(29)34)17-19-11-13-20(14-12-19)24(32)27-15-8-16-35-3/h6-7,9-14H,4-5,8,15-18H2,1-3H3,(H,27,32). The van der Waals surface area contributed by atoms with Gasteiger partial charge in [-0.15, -0.1) is 0 Å². The third-order valence-corrected chi connectivity index (χ3v) is 5.91. The number of carbonyl (C=O) groups excluding carboxylic acids is 2. The molecule has 0 aliphatic rings. The van der Waals surface area contributed by atoms with E-state index in [-0.39, 0.29) is 24.9 Å². The molecule has 35 heavy (non-hydrogen) atoms. The largest absolute Gasteiger partial charge is 0.385 e. The van der Waals surface area contributed by atoms with Crippen molar-refractivity contribution >= 4 is 22.7 Å². The van der Waals surface area contributed by atoms with Crippen molar-refractivity contribution in [1.29, 1.82) is 0 Å². The van der Waals surface area contributed by atoms with Crippen LogP contribution in [0.3, 0.4) is 0 Å². The highest BCUT2D eigenvalue weighted by molar-refractivity contribution is 5.94. The monoisotopic (exact) mass is 480 g/mol. The highest BCUT2D eigenvalue weighted by Crippen LogP contribution is 2.10. The SMILES string of the molecule is CCN(CC)C(=O)Cn1c(=O)n(Cc2ccc(C(=O)NCCCOC)cc2)c(=O)c2ccccc21. The average molecular weight is 481 g/mol. The van der Waals surface area contributed by atoms with E-state index < -0.39 is 11.2 Å². The van der Waals surface area contributed by atoms with Gasteiger partial charge in [0.1, 0.15) is 6.54 Å². The van der Waals surface area contributed by atoms with Crippen LogP contribution in [0.25, 0.3) is 10.9 Å². The van der Waals surface area contributed by atoms with Crippen LogP contribution >= 0.6 is 0 Å². The molecule has 0 aliphatic carbocycles. The first-order chi connectivity index (χ1) is 16.9. The lowest BCUT2D eigenvalue weighted by Gasteiger charge is -2.20. The number of aromatic nitrogens is 2. The van der Waals surface area contributed by atoms with E-state index in [1.165, 1.54) is 4.57 Å². The summed E-state index contributed by atoms with van der Waals surface area (Å²) in [5.74, 6) is -0.388. The van der Waals surface area contributed by atoms with E-state index in [0.29, 0.717) is 54.7 Å². The van der Waals surface area contributed by atoms with E-state index in [1.54, 1.807) is 60.5 Å². The number of carbonyl (C=O) groups is 2. The Morgan fingerprint density at radius 1 is 0.971 bits per heavy atom. The highest BCUT2D eigenvalue weighted by Gasteiger charge is 2.18. The zero-order chi connectivity index (χ0) is 25.4. The predicted octanol–water partition coefficient (Wildman–Crippen LogP) is 1.85. The molecule has 0 bridgehead atoms. The van der Waals surface area contributed by atoms with Crippen molar-refractivity contribution in [2.75, 3.05) is 33.4 Å². The van der Waals surface area contributed by atoms with E-state index in [1.807, 2.05) is 13.8 Å².